The predicted octanol–water partition coefficient (Wildman–Crippen LogP) is 2.29. The first kappa shape index (κ1) is 8.53. The van der Waals surface area contributed by atoms with Crippen LogP contribution < -0.4 is 4.74 Å². The molecule has 2 aromatic rings. The molecule has 76 valence electrons. The fourth-order valence-electron chi connectivity index (χ4n) is 2.12. The molecular formula is C12H12N2O. The van der Waals surface area contributed by atoms with Gasteiger partial charge in [0, 0.05) is 18.2 Å². The molecule has 1 aliphatic heterocycles. The van der Waals surface area contributed by atoms with Crippen molar-refractivity contribution in [3.63, 3.8) is 0 Å². The monoisotopic (exact) mass is 200 g/mol. The van der Waals surface area contributed by atoms with Crippen LogP contribution in [0.2, 0.25) is 0 Å². The molecule has 2 heterocycles. The third kappa shape index (κ3) is 1.09. The van der Waals surface area contributed by atoms with Crippen LogP contribution in [0.1, 0.15) is 11.1 Å². The summed E-state index contributed by atoms with van der Waals surface area (Å²) < 4.78 is 7.65. The van der Waals surface area contributed by atoms with E-state index >= 15 is 0 Å². The van der Waals surface area contributed by atoms with Gasteiger partial charge < -0.3 is 4.74 Å². The Labute approximate surface area is 88.3 Å². The molecule has 0 unspecified atom stereocenters. The van der Waals surface area contributed by atoms with Crippen LogP contribution in [-0.2, 0) is 13.7 Å². The van der Waals surface area contributed by atoms with Crippen LogP contribution in [0.3, 0.4) is 0 Å². The maximum atomic E-state index is 5.74. The summed E-state index contributed by atoms with van der Waals surface area (Å²) >= 11 is 0. The Morgan fingerprint density at radius 3 is 3.13 bits per heavy atom. The van der Waals surface area contributed by atoms with Gasteiger partial charge in [0.25, 0.3) is 0 Å². The van der Waals surface area contributed by atoms with E-state index in [9.17, 15) is 0 Å². The van der Waals surface area contributed by atoms with Crippen molar-refractivity contribution in [2.45, 2.75) is 13.5 Å². The van der Waals surface area contributed by atoms with Gasteiger partial charge in [-0.15, -0.1) is 0 Å². The Hall–Kier alpha value is -1.77. The van der Waals surface area contributed by atoms with Gasteiger partial charge in [-0.05, 0) is 18.6 Å². The number of aromatic nitrogens is 2. The molecule has 1 aromatic heterocycles. The summed E-state index contributed by atoms with van der Waals surface area (Å²) in [6, 6.07) is 6.21. The minimum absolute atomic E-state index is 0.626. The van der Waals surface area contributed by atoms with Gasteiger partial charge in [0.1, 0.15) is 12.4 Å². The highest BCUT2D eigenvalue weighted by Gasteiger charge is 2.21. The number of hydrogen-bond acceptors (Lipinski definition) is 2. The zero-order valence-corrected chi connectivity index (χ0v) is 8.82. The molecule has 0 spiro atoms. The summed E-state index contributed by atoms with van der Waals surface area (Å²) in [5.74, 6) is 0.994. The number of hydrogen-bond donors (Lipinski definition) is 0. The van der Waals surface area contributed by atoms with Crippen molar-refractivity contribution in [3.8, 4) is 17.0 Å². The number of nitrogens with zero attached hydrogens (tertiary/aromatic N) is 2. The molecule has 15 heavy (non-hydrogen) atoms. The molecule has 1 aromatic carbocycles. The summed E-state index contributed by atoms with van der Waals surface area (Å²) in [6.45, 7) is 2.70. The highest BCUT2D eigenvalue weighted by Crippen LogP contribution is 2.38. The van der Waals surface area contributed by atoms with Gasteiger partial charge in [0.05, 0.1) is 11.9 Å². The quantitative estimate of drug-likeness (QED) is 0.652. The number of fused-ring (bicyclic) bond motifs is 3. The van der Waals surface area contributed by atoms with Crippen molar-refractivity contribution in [3.05, 3.63) is 35.5 Å². The van der Waals surface area contributed by atoms with E-state index in [1.165, 1.54) is 11.3 Å². The van der Waals surface area contributed by atoms with E-state index in [0.29, 0.717) is 6.61 Å². The van der Waals surface area contributed by atoms with Crippen LogP contribution in [0.5, 0.6) is 5.75 Å². The van der Waals surface area contributed by atoms with Crippen molar-refractivity contribution < 1.29 is 4.74 Å². The fraction of sp³-hybridized carbons (Fsp3) is 0.250. The molecular weight excluding hydrogens is 188 g/mol. The van der Waals surface area contributed by atoms with Gasteiger partial charge in [-0.25, -0.2) is 0 Å². The molecule has 0 radical (unpaired) electrons. The first-order valence-corrected chi connectivity index (χ1v) is 5.01. The Morgan fingerprint density at radius 1 is 1.40 bits per heavy atom. The topological polar surface area (TPSA) is 27.1 Å². The molecule has 0 saturated heterocycles. The molecule has 0 atom stereocenters. The maximum Gasteiger partial charge on any atom is 0.132 e. The summed E-state index contributed by atoms with van der Waals surface area (Å²) in [5.41, 5.74) is 4.67. The summed E-state index contributed by atoms with van der Waals surface area (Å²) in [6.07, 6.45) is 1.88. The molecule has 0 bridgehead atoms. The lowest BCUT2D eigenvalue weighted by atomic mass is 10.0. The SMILES string of the molecule is Cc1cccc2c1OCc1cnn(C)c1-2. The number of ether oxygens (including phenoxy) is 1. The van der Waals surface area contributed by atoms with Crippen LogP contribution in [0.4, 0.5) is 0 Å². The zero-order chi connectivity index (χ0) is 10.4. The highest BCUT2D eigenvalue weighted by molar-refractivity contribution is 5.73. The van der Waals surface area contributed by atoms with E-state index in [0.717, 1.165) is 16.9 Å². The van der Waals surface area contributed by atoms with Gasteiger partial charge in [0.15, 0.2) is 0 Å². The minimum Gasteiger partial charge on any atom is -0.488 e. The third-order valence-electron chi connectivity index (χ3n) is 2.85. The fourth-order valence-corrected chi connectivity index (χ4v) is 2.12. The van der Waals surface area contributed by atoms with Crippen LogP contribution in [-0.4, -0.2) is 9.78 Å². The Kier molecular flexibility index (Phi) is 1.63. The Balaban J connectivity index is 2.33. The van der Waals surface area contributed by atoms with Crippen LogP contribution in [0, 0.1) is 6.92 Å². The van der Waals surface area contributed by atoms with Crippen LogP contribution >= 0.6 is 0 Å². The summed E-state index contributed by atoms with van der Waals surface area (Å²) in [4.78, 5) is 0. The smallest absolute Gasteiger partial charge is 0.132 e. The largest absolute Gasteiger partial charge is 0.488 e. The second-order valence-corrected chi connectivity index (χ2v) is 3.88. The average molecular weight is 200 g/mol. The minimum atomic E-state index is 0.626. The van der Waals surface area contributed by atoms with Gasteiger partial charge in [-0.1, -0.05) is 12.1 Å². The van der Waals surface area contributed by atoms with Gasteiger partial charge in [-0.3, -0.25) is 4.68 Å². The molecule has 0 N–H and O–H groups in total. The van der Waals surface area contributed by atoms with Crippen LogP contribution in [0.15, 0.2) is 24.4 Å². The summed E-state index contributed by atoms with van der Waals surface area (Å²) in [5, 5.41) is 4.26. The number of benzene rings is 1. The number of aryl methyl sites for hydroxylation is 2. The van der Waals surface area contributed by atoms with Gasteiger partial charge in [-0.2, -0.15) is 5.10 Å². The van der Waals surface area contributed by atoms with Crippen molar-refractivity contribution in [2.24, 2.45) is 7.05 Å². The lowest BCUT2D eigenvalue weighted by Crippen LogP contribution is -2.07. The Morgan fingerprint density at radius 2 is 2.27 bits per heavy atom. The number of para-hydroxylation sites is 1. The third-order valence-corrected chi connectivity index (χ3v) is 2.85. The molecule has 3 heteroatoms. The molecule has 0 saturated carbocycles. The van der Waals surface area contributed by atoms with Crippen molar-refractivity contribution >= 4 is 0 Å². The standard InChI is InChI=1S/C12H12N2O/c1-8-4-3-5-10-11-9(6-13-14(11)2)7-15-12(8)10/h3-6H,7H2,1-2H3. The van der Waals surface area contributed by atoms with Gasteiger partial charge >= 0.3 is 0 Å². The maximum absolute atomic E-state index is 5.74. The predicted molar refractivity (Wildman–Crippen MR) is 57.7 cm³/mol. The van der Waals surface area contributed by atoms with E-state index in [-0.39, 0.29) is 0 Å². The zero-order valence-electron chi connectivity index (χ0n) is 8.82. The van der Waals surface area contributed by atoms with E-state index in [4.69, 9.17) is 4.74 Å². The first-order chi connectivity index (χ1) is 7.27. The second kappa shape index (κ2) is 2.86. The molecule has 3 rings (SSSR count). The van der Waals surface area contributed by atoms with Crippen molar-refractivity contribution in [2.75, 3.05) is 0 Å². The van der Waals surface area contributed by atoms with Crippen molar-refractivity contribution in [1.82, 2.24) is 9.78 Å². The number of rotatable bonds is 0. The molecule has 1 aliphatic rings. The van der Waals surface area contributed by atoms with E-state index < -0.39 is 0 Å². The van der Waals surface area contributed by atoms with E-state index in [2.05, 4.69) is 30.2 Å². The first-order valence-electron chi connectivity index (χ1n) is 5.01. The summed E-state index contributed by atoms with van der Waals surface area (Å²) in [7, 11) is 1.97. The van der Waals surface area contributed by atoms with E-state index in [1.807, 2.05) is 17.9 Å². The van der Waals surface area contributed by atoms with E-state index in [1.54, 1.807) is 0 Å². The second-order valence-electron chi connectivity index (χ2n) is 3.88. The Bertz CT molecular complexity index is 528. The molecule has 0 fully saturated rings. The average Bonchev–Trinajstić information content (AvgIpc) is 2.61. The highest BCUT2D eigenvalue weighted by atomic mass is 16.5. The lowest BCUT2D eigenvalue weighted by Gasteiger charge is -2.20. The van der Waals surface area contributed by atoms with Crippen LogP contribution in [0.25, 0.3) is 11.3 Å². The molecule has 3 nitrogen and oxygen atoms in total. The van der Waals surface area contributed by atoms with Crippen molar-refractivity contribution in [1.29, 1.82) is 0 Å². The normalized spacial score (nSPS) is 12.9. The van der Waals surface area contributed by atoms with Gasteiger partial charge in [0.2, 0.25) is 0 Å². The molecule has 0 amide bonds. The lowest BCUT2D eigenvalue weighted by molar-refractivity contribution is 0.300. The molecule has 0 aliphatic carbocycles.